The summed E-state index contributed by atoms with van der Waals surface area (Å²) in [6.45, 7) is 0.540. The van der Waals surface area contributed by atoms with Gasteiger partial charge in [0.15, 0.2) is 0 Å². The molecule has 0 aliphatic carbocycles. The van der Waals surface area contributed by atoms with Crippen molar-refractivity contribution >= 4 is 42.6 Å². The highest BCUT2D eigenvalue weighted by molar-refractivity contribution is 9.11. The molecular weight excluding hydrogens is 380 g/mol. The third-order valence-corrected chi connectivity index (χ3v) is 4.76. The number of halogens is 2. The van der Waals surface area contributed by atoms with Crippen LogP contribution in [-0.4, -0.2) is 0 Å². The van der Waals surface area contributed by atoms with E-state index in [2.05, 4.69) is 56.1 Å². The molecule has 0 atom stereocenters. The molecule has 0 saturated carbocycles. The molecule has 0 spiro atoms. The Balaban J connectivity index is 1.88. The molecule has 0 fully saturated rings. The van der Waals surface area contributed by atoms with E-state index in [0.29, 0.717) is 6.61 Å². The summed E-state index contributed by atoms with van der Waals surface area (Å²) in [6.07, 6.45) is 0. The Labute approximate surface area is 134 Å². The van der Waals surface area contributed by atoms with Gasteiger partial charge in [-0.1, -0.05) is 64.5 Å². The number of rotatable bonds is 3. The lowest BCUT2D eigenvalue weighted by atomic mass is 10.1. The summed E-state index contributed by atoms with van der Waals surface area (Å²) >= 11 is 7.17. The number of ether oxygens (including phenoxy) is 1. The Morgan fingerprint density at radius 3 is 2.40 bits per heavy atom. The third-order valence-electron chi connectivity index (χ3n) is 3.17. The van der Waals surface area contributed by atoms with E-state index in [0.717, 1.165) is 25.6 Å². The van der Waals surface area contributed by atoms with E-state index >= 15 is 0 Å². The second-order valence-electron chi connectivity index (χ2n) is 4.48. The van der Waals surface area contributed by atoms with Crippen LogP contribution in [0.4, 0.5) is 0 Å². The van der Waals surface area contributed by atoms with Crippen LogP contribution in [0.1, 0.15) is 5.56 Å². The molecule has 100 valence electrons. The van der Waals surface area contributed by atoms with Crippen LogP contribution >= 0.6 is 31.9 Å². The number of benzene rings is 3. The highest BCUT2D eigenvalue weighted by Gasteiger charge is 2.07. The molecule has 0 aromatic heterocycles. The number of fused-ring (bicyclic) bond motifs is 1. The van der Waals surface area contributed by atoms with E-state index in [4.69, 9.17) is 4.74 Å². The first-order chi connectivity index (χ1) is 9.75. The minimum atomic E-state index is 0.540. The molecule has 3 aromatic carbocycles. The molecule has 0 radical (unpaired) electrons. The quantitative estimate of drug-likeness (QED) is 0.536. The molecule has 0 N–H and O–H groups in total. The highest BCUT2D eigenvalue weighted by Crippen LogP contribution is 2.33. The Morgan fingerprint density at radius 1 is 0.800 bits per heavy atom. The molecule has 0 aliphatic rings. The molecule has 0 aliphatic heterocycles. The van der Waals surface area contributed by atoms with Gasteiger partial charge in [0, 0.05) is 10.0 Å². The molecule has 0 unspecified atom stereocenters. The Morgan fingerprint density at radius 2 is 1.55 bits per heavy atom. The fraction of sp³-hybridized carbons (Fsp3) is 0.0588. The first kappa shape index (κ1) is 13.7. The number of hydrogen-bond acceptors (Lipinski definition) is 1. The van der Waals surface area contributed by atoms with Crippen molar-refractivity contribution in [3.63, 3.8) is 0 Å². The van der Waals surface area contributed by atoms with Crippen molar-refractivity contribution in [2.24, 2.45) is 0 Å². The minimum absolute atomic E-state index is 0.540. The zero-order chi connectivity index (χ0) is 13.9. The molecule has 20 heavy (non-hydrogen) atoms. The highest BCUT2D eigenvalue weighted by atomic mass is 79.9. The summed E-state index contributed by atoms with van der Waals surface area (Å²) in [7, 11) is 0. The van der Waals surface area contributed by atoms with Crippen molar-refractivity contribution < 1.29 is 4.74 Å². The molecule has 3 rings (SSSR count). The fourth-order valence-corrected chi connectivity index (χ4v) is 3.10. The Kier molecular flexibility index (Phi) is 4.08. The average Bonchev–Trinajstić information content (AvgIpc) is 2.48. The smallest absolute Gasteiger partial charge is 0.134 e. The lowest BCUT2D eigenvalue weighted by molar-refractivity contribution is 0.304. The van der Waals surface area contributed by atoms with Crippen LogP contribution in [0.2, 0.25) is 0 Å². The van der Waals surface area contributed by atoms with Crippen LogP contribution in [0, 0.1) is 0 Å². The van der Waals surface area contributed by atoms with Gasteiger partial charge >= 0.3 is 0 Å². The summed E-state index contributed by atoms with van der Waals surface area (Å²) in [5.41, 5.74) is 1.13. The summed E-state index contributed by atoms with van der Waals surface area (Å²) in [5, 5.41) is 2.37. The van der Waals surface area contributed by atoms with E-state index < -0.39 is 0 Å². The van der Waals surface area contributed by atoms with E-state index in [1.807, 2.05) is 36.4 Å². The van der Waals surface area contributed by atoms with Gasteiger partial charge in [-0.05, 0) is 38.8 Å². The maximum absolute atomic E-state index is 5.93. The molecular formula is C17H12Br2O. The van der Waals surface area contributed by atoms with Gasteiger partial charge in [-0.3, -0.25) is 0 Å². The van der Waals surface area contributed by atoms with Crippen LogP contribution in [0.3, 0.4) is 0 Å². The van der Waals surface area contributed by atoms with Gasteiger partial charge < -0.3 is 4.74 Å². The van der Waals surface area contributed by atoms with Gasteiger partial charge in [-0.15, -0.1) is 0 Å². The van der Waals surface area contributed by atoms with Crippen molar-refractivity contribution in [2.45, 2.75) is 6.61 Å². The topological polar surface area (TPSA) is 9.23 Å². The molecule has 0 bridgehead atoms. The fourth-order valence-electron chi connectivity index (χ4n) is 2.10. The SMILES string of the molecule is Brc1ccccc1COc1ccc2ccccc2c1Br. The standard InChI is InChI=1S/C17H12Br2O/c18-15-8-4-2-6-13(15)11-20-16-10-9-12-5-1-3-7-14(12)17(16)19/h1-10H,11H2. The zero-order valence-corrected chi connectivity index (χ0v) is 13.8. The first-order valence-electron chi connectivity index (χ1n) is 6.29. The molecule has 1 nitrogen and oxygen atoms in total. The molecule has 0 heterocycles. The normalized spacial score (nSPS) is 10.7. The van der Waals surface area contributed by atoms with Gasteiger partial charge in [0.25, 0.3) is 0 Å². The maximum Gasteiger partial charge on any atom is 0.134 e. The van der Waals surface area contributed by atoms with Gasteiger partial charge in [0.05, 0.1) is 4.47 Å². The lowest BCUT2D eigenvalue weighted by Gasteiger charge is -2.11. The van der Waals surface area contributed by atoms with Gasteiger partial charge in [0.1, 0.15) is 12.4 Å². The first-order valence-corrected chi connectivity index (χ1v) is 7.88. The zero-order valence-electron chi connectivity index (χ0n) is 10.6. The van der Waals surface area contributed by atoms with Crippen LogP contribution < -0.4 is 4.74 Å². The second-order valence-corrected chi connectivity index (χ2v) is 6.13. The second kappa shape index (κ2) is 5.98. The predicted octanol–water partition coefficient (Wildman–Crippen LogP) is 5.94. The molecule has 0 saturated heterocycles. The van der Waals surface area contributed by atoms with Gasteiger partial charge in [-0.2, -0.15) is 0 Å². The van der Waals surface area contributed by atoms with E-state index in [1.165, 1.54) is 5.39 Å². The maximum atomic E-state index is 5.93. The largest absolute Gasteiger partial charge is 0.488 e. The summed E-state index contributed by atoms with van der Waals surface area (Å²) in [4.78, 5) is 0. The average molecular weight is 392 g/mol. The van der Waals surface area contributed by atoms with Crippen molar-refractivity contribution in [2.75, 3.05) is 0 Å². The van der Waals surface area contributed by atoms with Crippen molar-refractivity contribution in [3.05, 3.63) is 75.2 Å². The van der Waals surface area contributed by atoms with Gasteiger partial charge in [-0.25, -0.2) is 0 Å². The lowest BCUT2D eigenvalue weighted by Crippen LogP contribution is -1.97. The van der Waals surface area contributed by atoms with E-state index in [1.54, 1.807) is 0 Å². The molecule has 3 aromatic rings. The Bertz CT molecular complexity index is 753. The summed E-state index contributed by atoms with van der Waals surface area (Å²) in [5.74, 6) is 0.861. The van der Waals surface area contributed by atoms with Crippen LogP contribution in [0.5, 0.6) is 5.75 Å². The van der Waals surface area contributed by atoms with Crippen molar-refractivity contribution in [1.82, 2.24) is 0 Å². The predicted molar refractivity (Wildman–Crippen MR) is 90.1 cm³/mol. The molecule has 0 amide bonds. The van der Waals surface area contributed by atoms with Crippen LogP contribution in [0.25, 0.3) is 10.8 Å². The summed E-state index contributed by atoms with van der Waals surface area (Å²) < 4.78 is 8.00. The summed E-state index contributed by atoms with van der Waals surface area (Å²) in [6, 6.07) is 20.4. The van der Waals surface area contributed by atoms with Crippen molar-refractivity contribution in [1.29, 1.82) is 0 Å². The van der Waals surface area contributed by atoms with Crippen LogP contribution in [-0.2, 0) is 6.61 Å². The molecule has 3 heteroatoms. The van der Waals surface area contributed by atoms with E-state index in [9.17, 15) is 0 Å². The third kappa shape index (κ3) is 2.74. The van der Waals surface area contributed by atoms with Gasteiger partial charge in [0.2, 0.25) is 0 Å². The van der Waals surface area contributed by atoms with Crippen LogP contribution in [0.15, 0.2) is 69.6 Å². The van der Waals surface area contributed by atoms with Crippen molar-refractivity contribution in [3.8, 4) is 5.75 Å². The van der Waals surface area contributed by atoms with E-state index in [-0.39, 0.29) is 0 Å². The monoisotopic (exact) mass is 390 g/mol. The minimum Gasteiger partial charge on any atom is -0.488 e. The Hall–Kier alpha value is -1.32. The number of hydrogen-bond donors (Lipinski definition) is 0.